The number of hydrogen-bond acceptors (Lipinski definition) is 6. The molecule has 0 spiro atoms. The molecule has 0 fully saturated rings. The Morgan fingerprint density at radius 3 is 2.86 bits per heavy atom. The van der Waals surface area contributed by atoms with Crippen molar-refractivity contribution in [1.82, 2.24) is 4.98 Å². The topological polar surface area (TPSA) is 94.3 Å². The maximum atomic E-state index is 12.0. The van der Waals surface area contributed by atoms with E-state index >= 15 is 0 Å². The Morgan fingerprint density at radius 2 is 2.24 bits per heavy atom. The van der Waals surface area contributed by atoms with Crippen molar-refractivity contribution in [3.05, 3.63) is 44.9 Å². The van der Waals surface area contributed by atoms with Crippen molar-refractivity contribution in [2.24, 2.45) is 5.73 Å². The van der Waals surface area contributed by atoms with Gasteiger partial charge >= 0.3 is 5.97 Å². The molecule has 2 rings (SSSR count). The SMILES string of the molecule is COC(=O)c1cc(NC(=O)c2csc(CN)n2)ccc1Cl. The first-order valence-corrected chi connectivity index (χ1v) is 7.14. The van der Waals surface area contributed by atoms with E-state index in [2.05, 4.69) is 15.0 Å². The second kappa shape index (κ2) is 6.66. The maximum absolute atomic E-state index is 12.0. The first-order valence-electron chi connectivity index (χ1n) is 5.89. The number of halogens is 1. The molecule has 6 nitrogen and oxygen atoms in total. The predicted octanol–water partition coefficient (Wildman–Crippen LogP) is 2.29. The predicted molar refractivity (Wildman–Crippen MR) is 80.8 cm³/mol. The van der Waals surface area contributed by atoms with Crippen LogP contribution in [0.1, 0.15) is 25.9 Å². The summed E-state index contributed by atoms with van der Waals surface area (Å²) in [7, 11) is 1.26. The van der Waals surface area contributed by atoms with Gasteiger partial charge < -0.3 is 15.8 Å². The zero-order chi connectivity index (χ0) is 15.4. The molecule has 0 unspecified atom stereocenters. The van der Waals surface area contributed by atoms with Crippen molar-refractivity contribution in [2.75, 3.05) is 12.4 Å². The lowest BCUT2D eigenvalue weighted by molar-refractivity contribution is 0.0600. The molecule has 21 heavy (non-hydrogen) atoms. The van der Waals surface area contributed by atoms with E-state index in [4.69, 9.17) is 17.3 Å². The lowest BCUT2D eigenvalue weighted by Crippen LogP contribution is -2.13. The Bertz CT molecular complexity index is 687. The van der Waals surface area contributed by atoms with Gasteiger partial charge in [0.25, 0.3) is 5.91 Å². The highest BCUT2D eigenvalue weighted by Gasteiger charge is 2.14. The molecular weight excluding hydrogens is 314 g/mol. The molecule has 0 atom stereocenters. The number of ether oxygens (including phenoxy) is 1. The normalized spacial score (nSPS) is 10.2. The average Bonchev–Trinajstić information content (AvgIpc) is 2.97. The molecule has 0 radical (unpaired) electrons. The van der Waals surface area contributed by atoms with Gasteiger partial charge in [-0.25, -0.2) is 9.78 Å². The molecule has 8 heteroatoms. The van der Waals surface area contributed by atoms with E-state index in [1.165, 1.54) is 30.6 Å². The number of thiazole rings is 1. The number of methoxy groups -OCH3 is 1. The second-order valence-electron chi connectivity index (χ2n) is 3.97. The molecule has 3 N–H and O–H groups in total. The molecule has 0 aliphatic rings. The van der Waals surface area contributed by atoms with E-state index in [9.17, 15) is 9.59 Å². The van der Waals surface area contributed by atoms with Crippen molar-refractivity contribution in [2.45, 2.75) is 6.54 Å². The summed E-state index contributed by atoms with van der Waals surface area (Å²) in [5.41, 5.74) is 6.33. The standard InChI is InChI=1S/C13H12ClN3O3S/c1-20-13(19)8-4-7(2-3-9(8)14)16-12(18)10-6-21-11(5-15)17-10/h2-4,6H,5,15H2,1H3,(H,16,18). The van der Waals surface area contributed by atoms with Gasteiger partial charge in [0, 0.05) is 17.6 Å². The third-order valence-electron chi connectivity index (χ3n) is 2.59. The highest BCUT2D eigenvalue weighted by atomic mass is 35.5. The van der Waals surface area contributed by atoms with Crippen LogP contribution in [-0.2, 0) is 11.3 Å². The smallest absolute Gasteiger partial charge is 0.339 e. The van der Waals surface area contributed by atoms with E-state index in [1.54, 1.807) is 11.4 Å². The minimum absolute atomic E-state index is 0.179. The van der Waals surface area contributed by atoms with Crippen molar-refractivity contribution < 1.29 is 14.3 Å². The van der Waals surface area contributed by atoms with Gasteiger partial charge in [0.15, 0.2) is 0 Å². The molecular formula is C13H12ClN3O3S. The van der Waals surface area contributed by atoms with Crippen LogP contribution in [0, 0.1) is 0 Å². The molecule has 0 saturated heterocycles. The van der Waals surface area contributed by atoms with Gasteiger partial charge in [0.1, 0.15) is 10.7 Å². The van der Waals surface area contributed by atoms with Crippen LogP contribution >= 0.6 is 22.9 Å². The fourth-order valence-corrected chi connectivity index (χ4v) is 2.42. The number of rotatable bonds is 4. The Labute approximate surface area is 129 Å². The fourth-order valence-electron chi connectivity index (χ4n) is 1.57. The molecule has 0 aliphatic heterocycles. The zero-order valence-electron chi connectivity index (χ0n) is 11.1. The average molecular weight is 326 g/mol. The van der Waals surface area contributed by atoms with Gasteiger partial charge in [-0.05, 0) is 18.2 Å². The van der Waals surface area contributed by atoms with Gasteiger partial charge in [0.05, 0.1) is 17.7 Å². The zero-order valence-corrected chi connectivity index (χ0v) is 12.6. The van der Waals surface area contributed by atoms with Crippen molar-refractivity contribution >= 4 is 40.5 Å². The summed E-state index contributed by atoms with van der Waals surface area (Å²) in [5, 5.41) is 5.18. The van der Waals surface area contributed by atoms with Crippen molar-refractivity contribution in [1.29, 1.82) is 0 Å². The minimum atomic E-state index is -0.574. The van der Waals surface area contributed by atoms with E-state index < -0.39 is 5.97 Å². The van der Waals surface area contributed by atoms with Crippen LogP contribution in [0.25, 0.3) is 0 Å². The summed E-state index contributed by atoms with van der Waals surface area (Å²) in [6.07, 6.45) is 0. The monoisotopic (exact) mass is 325 g/mol. The number of carbonyl (C=O) groups excluding carboxylic acids is 2. The summed E-state index contributed by atoms with van der Waals surface area (Å²) in [6.45, 7) is 0.283. The molecule has 1 amide bonds. The van der Waals surface area contributed by atoms with Crippen molar-refractivity contribution in [3.63, 3.8) is 0 Å². The number of hydrogen-bond donors (Lipinski definition) is 2. The van der Waals surface area contributed by atoms with Gasteiger partial charge in [-0.2, -0.15) is 0 Å². The van der Waals surface area contributed by atoms with Crippen LogP contribution in [0.4, 0.5) is 5.69 Å². The summed E-state index contributed by atoms with van der Waals surface area (Å²) in [6, 6.07) is 4.54. The number of esters is 1. The lowest BCUT2D eigenvalue weighted by atomic mass is 10.2. The van der Waals surface area contributed by atoms with Crippen LogP contribution in [0.3, 0.4) is 0 Å². The Kier molecular flexibility index (Phi) is 4.89. The van der Waals surface area contributed by atoms with Gasteiger partial charge in [-0.15, -0.1) is 11.3 Å². The number of nitrogens with zero attached hydrogens (tertiary/aromatic N) is 1. The Balaban J connectivity index is 2.19. The summed E-state index contributed by atoms with van der Waals surface area (Å²) >= 11 is 7.22. The van der Waals surface area contributed by atoms with Gasteiger partial charge in [-0.1, -0.05) is 11.6 Å². The molecule has 1 heterocycles. The van der Waals surface area contributed by atoms with Gasteiger partial charge in [0.2, 0.25) is 0 Å². The molecule has 2 aromatic rings. The second-order valence-corrected chi connectivity index (χ2v) is 5.32. The Hall–Kier alpha value is -1.96. The van der Waals surface area contributed by atoms with Crippen LogP contribution in [0.2, 0.25) is 5.02 Å². The van der Waals surface area contributed by atoms with E-state index in [0.717, 1.165) is 0 Å². The maximum Gasteiger partial charge on any atom is 0.339 e. The summed E-state index contributed by atoms with van der Waals surface area (Å²) < 4.78 is 4.62. The van der Waals surface area contributed by atoms with E-state index in [0.29, 0.717) is 10.7 Å². The summed E-state index contributed by atoms with van der Waals surface area (Å²) in [4.78, 5) is 27.6. The number of amides is 1. The summed E-state index contributed by atoms with van der Waals surface area (Å²) in [5.74, 6) is -0.959. The third-order valence-corrected chi connectivity index (χ3v) is 3.79. The van der Waals surface area contributed by atoms with E-state index in [1.807, 2.05) is 0 Å². The third kappa shape index (κ3) is 3.57. The number of nitrogens with one attached hydrogen (secondary N) is 1. The van der Waals surface area contributed by atoms with Gasteiger partial charge in [-0.3, -0.25) is 4.79 Å². The van der Waals surface area contributed by atoms with Crippen molar-refractivity contribution in [3.8, 4) is 0 Å². The largest absolute Gasteiger partial charge is 0.465 e. The van der Waals surface area contributed by atoms with Crippen LogP contribution < -0.4 is 11.1 Å². The number of anilines is 1. The van der Waals surface area contributed by atoms with Crippen LogP contribution in [0.5, 0.6) is 0 Å². The highest BCUT2D eigenvalue weighted by molar-refractivity contribution is 7.09. The quantitative estimate of drug-likeness (QED) is 0.841. The first kappa shape index (κ1) is 15.4. The van der Waals surface area contributed by atoms with Crippen LogP contribution in [0.15, 0.2) is 23.6 Å². The minimum Gasteiger partial charge on any atom is -0.465 e. The number of nitrogens with two attached hydrogens (primary N) is 1. The highest BCUT2D eigenvalue weighted by Crippen LogP contribution is 2.22. The fraction of sp³-hybridized carbons (Fsp3) is 0.154. The molecule has 1 aromatic carbocycles. The number of benzene rings is 1. The number of carbonyl (C=O) groups is 2. The molecule has 110 valence electrons. The lowest BCUT2D eigenvalue weighted by Gasteiger charge is -2.07. The molecule has 0 bridgehead atoms. The van der Waals surface area contributed by atoms with Crippen LogP contribution in [-0.4, -0.2) is 24.0 Å². The first-order chi connectivity index (χ1) is 10.0. The molecule has 0 saturated carbocycles. The molecule has 1 aromatic heterocycles. The molecule has 0 aliphatic carbocycles. The number of aromatic nitrogens is 1. The Morgan fingerprint density at radius 1 is 1.48 bits per heavy atom. The van der Waals surface area contributed by atoms with E-state index in [-0.39, 0.29) is 28.7 Å².